The summed E-state index contributed by atoms with van der Waals surface area (Å²) in [5, 5.41) is 2.27. The molecule has 0 N–H and O–H groups in total. The number of hydrogen-bond acceptors (Lipinski definition) is 2. The number of hydrogen-bond donors (Lipinski definition) is 0. The predicted octanol–water partition coefficient (Wildman–Crippen LogP) is 13.7. The maximum absolute atomic E-state index is 6.41. The van der Waals surface area contributed by atoms with Gasteiger partial charge in [-0.25, -0.2) is 0 Å². The van der Waals surface area contributed by atoms with Crippen LogP contribution in [0.4, 0.5) is 17.1 Å². The maximum atomic E-state index is 6.41. The van der Waals surface area contributed by atoms with Crippen LogP contribution in [-0.2, 0) is 0 Å². The van der Waals surface area contributed by atoms with Gasteiger partial charge in [-0.15, -0.1) is 0 Å². The van der Waals surface area contributed by atoms with Gasteiger partial charge >= 0.3 is 0 Å². The largest absolute Gasteiger partial charge is 0.455 e. The molecule has 0 bridgehead atoms. The van der Waals surface area contributed by atoms with Crippen LogP contribution in [0, 0.1) is 0 Å². The van der Waals surface area contributed by atoms with Gasteiger partial charge in [0.2, 0.25) is 0 Å². The van der Waals surface area contributed by atoms with E-state index in [1.54, 1.807) is 0 Å². The highest BCUT2D eigenvalue weighted by Gasteiger charge is 2.23. The first-order chi connectivity index (χ1) is 24.8. The van der Waals surface area contributed by atoms with Crippen LogP contribution in [0.1, 0.15) is 0 Å². The first kappa shape index (κ1) is 29.5. The summed E-state index contributed by atoms with van der Waals surface area (Å²) < 4.78 is 6.41. The van der Waals surface area contributed by atoms with Gasteiger partial charge in [-0.3, -0.25) is 0 Å². The lowest BCUT2D eigenvalue weighted by Crippen LogP contribution is -2.12. The van der Waals surface area contributed by atoms with Crippen LogP contribution in [0.25, 0.3) is 66.4 Å². The minimum absolute atomic E-state index is 0.906. The Kier molecular flexibility index (Phi) is 7.53. The standard InChI is InChI=1S/C48H33NO/c1-4-16-34(17-5-1)39-22-10-11-24-43(39)47-40(35-18-6-2-7-19-35)25-15-28-45(47)49(37-20-8-3-9-21-37)38-32-30-36(31-33-38)41-26-14-27-44-42-23-12-13-29-46(42)50-48(41)44/h1-33H. The zero-order chi connectivity index (χ0) is 33.3. The van der Waals surface area contributed by atoms with Crippen molar-refractivity contribution in [1.29, 1.82) is 0 Å². The van der Waals surface area contributed by atoms with Gasteiger partial charge in [-0.05, 0) is 69.8 Å². The molecule has 8 aromatic carbocycles. The summed E-state index contributed by atoms with van der Waals surface area (Å²) in [6.45, 7) is 0. The molecular formula is C48H33NO. The summed E-state index contributed by atoms with van der Waals surface area (Å²) in [5.41, 5.74) is 14.4. The number of rotatable bonds is 7. The van der Waals surface area contributed by atoms with Gasteiger partial charge in [0.15, 0.2) is 0 Å². The Bertz CT molecular complexity index is 2570. The quantitative estimate of drug-likeness (QED) is 0.173. The second-order valence-electron chi connectivity index (χ2n) is 12.5. The second kappa shape index (κ2) is 12.8. The molecule has 0 aliphatic rings. The minimum Gasteiger partial charge on any atom is -0.455 e. The molecule has 0 aliphatic heterocycles. The van der Waals surface area contributed by atoms with E-state index in [-0.39, 0.29) is 0 Å². The fourth-order valence-electron chi connectivity index (χ4n) is 7.21. The molecule has 0 saturated heterocycles. The van der Waals surface area contributed by atoms with Crippen LogP contribution in [0.2, 0.25) is 0 Å². The van der Waals surface area contributed by atoms with Crippen molar-refractivity contribution in [3.63, 3.8) is 0 Å². The lowest BCUT2D eigenvalue weighted by Gasteiger charge is -2.30. The number of nitrogens with zero attached hydrogens (tertiary/aromatic N) is 1. The third-order valence-electron chi connectivity index (χ3n) is 9.50. The Labute approximate surface area is 292 Å². The zero-order valence-corrected chi connectivity index (χ0v) is 27.4. The average molecular weight is 640 g/mol. The van der Waals surface area contributed by atoms with Crippen molar-refractivity contribution in [2.24, 2.45) is 0 Å². The Morgan fingerprint density at radius 1 is 0.320 bits per heavy atom. The molecule has 2 heteroatoms. The van der Waals surface area contributed by atoms with E-state index in [1.807, 2.05) is 12.1 Å². The van der Waals surface area contributed by atoms with Gasteiger partial charge < -0.3 is 9.32 Å². The highest BCUT2D eigenvalue weighted by atomic mass is 16.3. The molecule has 9 aromatic rings. The summed E-state index contributed by atoms with van der Waals surface area (Å²) >= 11 is 0. The topological polar surface area (TPSA) is 16.4 Å². The van der Waals surface area contributed by atoms with Crippen molar-refractivity contribution in [3.05, 3.63) is 200 Å². The van der Waals surface area contributed by atoms with E-state index in [2.05, 4.69) is 193 Å². The van der Waals surface area contributed by atoms with E-state index in [0.29, 0.717) is 0 Å². The summed E-state index contributed by atoms with van der Waals surface area (Å²) in [6, 6.07) is 71.1. The van der Waals surface area contributed by atoms with Crippen molar-refractivity contribution in [2.45, 2.75) is 0 Å². The Balaban J connectivity index is 1.25. The number of furan rings is 1. The molecule has 0 radical (unpaired) electrons. The van der Waals surface area contributed by atoms with Crippen LogP contribution in [0.15, 0.2) is 205 Å². The molecule has 1 heterocycles. The summed E-state index contributed by atoms with van der Waals surface area (Å²) in [7, 11) is 0. The van der Waals surface area contributed by atoms with Crippen LogP contribution in [0.3, 0.4) is 0 Å². The number of anilines is 3. The SMILES string of the molecule is c1ccc(-c2ccccc2-c2c(-c3ccccc3)cccc2N(c2ccccc2)c2ccc(-c3cccc4c3oc3ccccc34)cc2)cc1. The van der Waals surface area contributed by atoms with E-state index in [4.69, 9.17) is 4.42 Å². The molecule has 9 rings (SSSR count). The molecule has 2 nitrogen and oxygen atoms in total. The monoisotopic (exact) mass is 639 g/mol. The molecular weight excluding hydrogens is 607 g/mol. The fourth-order valence-corrected chi connectivity index (χ4v) is 7.21. The van der Waals surface area contributed by atoms with Gasteiger partial charge in [0.25, 0.3) is 0 Å². The Hall–Kier alpha value is -6.64. The Morgan fingerprint density at radius 3 is 1.56 bits per heavy atom. The number of benzene rings is 8. The van der Waals surface area contributed by atoms with Gasteiger partial charge in [-0.1, -0.05) is 164 Å². The molecule has 1 aromatic heterocycles. The van der Waals surface area contributed by atoms with E-state index in [1.165, 1.54) is 33.4 Å². The van der Waals surface area contributed by atoms with Crippen molar-refractivity contribution < 1.29 is 4.42 Å². The maximum Gasteiger partial charge on any atom is 0.143 e. The van der Waals surface area contributed by atoms with Crippen molar-refractivity contribution in [3.8, 4) is 44.5 Å². The summed E-state index contributed by atoms with van der Waals surface area (Å²) in [6.07, 6.45) is 0. The third kappa shape index (κ3) is 5.24. The van der Waals surface area contributed by atoms with E-state index >= 15 is 0 Å². The normalized spacial score (nSPS) is 11.2. The second-order valence-corrected chi connectivity index (χ2v) is 12.5. The molecule has 50 heavy (non-hydrogen) atoms. The average Bonchev–Trinajstić information content (AvgIpc) is 3.58. The van der Waals surface area contributed by atoms with Crippen molar-refractivity contribution >= 4 is 39.0 Å². The van der Waals surface area contributed by atoms with Gasteiger partial charge in [0.05, 0.1) is 5.69 Å². The Morgan fingerprint density at radius 2 is 0.820 bits per heavy atom. The van der Waals surface area contributed by atoms with E-state index < -0.39 is 0 Å². The van der Waals surface area contributed by atoms with Crippen molar-refractivity contribution in [2.75, 3.05) is 4.90 Å². The lowest BCUT2D eigenvalue weighted by molar-refractivity contribution is 0.670. The van der Waals surface area contributed by atoms with Crippen molar-refractivity contribution in [1.82, 2.24) is 0 Å². The molecule has 0 spiro atoms. The fraction of sp³-hybridized carbons (Fsp3) is 0. The molecule has 0 atom stereocenters. The highest BCUT2D eigenvalue weighted by molar-refractivity contribution is 6.09. The van der Waals surface area contributed by atoms with Gasteiger partial charge in [0.1, 0.15) is 11.2 Å². The highest BCUT2D eigenvalue weighted by Crippen LogP contribution is 2.48. The summed E-state index contributed by atoms with van der Waals surface area (Å²) in [5.74, 6) is 0. The lowest BCUT2D eigenvalue weighted by atomic mass is 9.87. The number of fused-ring (bicyclic) bond motifs is 3. The zero-order valence-electron chi connectivity index (χ0n) is 27.4. The molecule has 236 valence electrons. The van der Waals surface area contributed by atoms with Gasteiger partial charge in [0, 0.05) is 33.3 Å². The molecule has 0 unspecified atom stereocenters. The smallest absolute Gasteiger partial charge is 0.143 e. The minimum atomic E-state index is 0.906. The molecule has 0 aliphatic carbocycles. The van der Waals surface area contributed by atoms with Crippen LogP contribution >= 0.6 is 0 Å². The van der Waals surface area contributed by atoms with E-state index in [9.17, 15) is 0 Å². The first-order valence-corrected chi connectivity index (χ1v) is 17.0. The first-order valence-electron chi connectivity index (χ1n) is 17.0. The predicted molar refractivity (Wildman–Crippen MR) is 210 cm³/mol. The molecule has 0 saturated carbocycles. The van der Waals surface area contributed by atoms with Crippen LogP contribution in [0.5, 0.6) is 0 Å². The molecule has 0 fully saturated rings. The third-order valence-corrected chi connectivity index (χ3v) is 9.50. The van der Waals surface area contributed by atoms with Gasteiger partial charge in [-0.2, -0.15) is 0 Å². The van der Waals surface area contributed by atoms with Crippen LogP contribution < -0.4 is 4.90 Å². The van der Waals surface area contributed by atoms with Crippen LogP contribution in [-0.4, -0.2) is 0 Å². The van der Waals surface area contributed by atoms with E-state index in [0.717, 1.165) is 50.1 Å². The number of para-hydroxylation sites is 3. The molecule has 0 amide bonds. The summed E-state index contributed by atoms with van der Waals surface area (Å²) in [4.78, 5) is 2.38.